The maximum absolute atomic E-state index is 9.70. The third-order valence-corrected chi connectivity index (χ3v) is 3.11. The molecule has 72 valence electrons. The van der Waals surface area contributed by atoms with Crippen molar-refractivity contribution in [1.82, 2.24) is 5.32 Å². The molecule has 0 spiro atoms. The Hall–Kier alpha value is 0.270. The molecule has 0 aromatic rings. The van der Waals surface area contributed by atoms with Crippen molar-refractivity contribution in [1.29, 1.82) is 0 Å². The summed E-state index contributed by atoms with van der Waals surface area (Å²) in [7, 11) is 0. The van der Waals surface area contributed by atoms with Crippen molar-refractivity contribution >= 4 is 11.8 Å². The predicted molar refractivity (Wildman–Crippen MR) is 54.6 cm³/mol. The van der Waals surface area contributed by atoms with E-state index >= 15 is 0 Å². The number of hydrogen-bond donors (Lipinski definition) is 2. The topological polar surface area (TPSA) is 32.3 Å². The molecule has 0 bridgehead atoms. The fourth-order valence-electron chi connectivity index (χ4n) is 1.68. The number of thioether (sulfide) groups is 1. The highest BCUT2D eigenvalue weighted by atomic mass is 32.2. The number of aliphatic hydroxyl groups excluding tert-OH is 1. The minimum Gasteiger partial charge on any atom is -0.392 e. The van der Waals surface area contributed by atoms with Crippen LogP contribution >= 0.6 is 11.8 Å². The SMILES string of the molecule is CSCCCC(O)C1CCCN1. The summed E-state index contributed by atoms with van der Waals surface area (Å²) in [6.07, 6.45) is 6.48. The highest BCUT2D eigenvalue weighted by molar-refractivity contribution is 7.98. The molecule has 1 fully saturated rings. The zero-order chi connectivity index (χ0) is 8.81. The molecule has 2 atom stereocenters. The Balaban J connectivity index is 2.05. The number of nitrogens with one attached hydrogen (secondary N) is 1. The van der Waals surface area contributed by atoms with Crippen molar-refractivity contribution in [2.24, 2.45) is 0 Å². The molecule has 0 amide bonds. The molecule has 1 rings (SSSR count). The first-order valence-corrected chi connectivity index (χ1v) is 6.14. The van der Waals surface area contributed by atoms with Gasteiger partial charge in [0.2, 0.25) is 0 Å². The van der Waals surface area contributed by atoms with E-state index in [1.165, 1.54) is 12.2 Å². The lowest BCUT2D eigenvalue weighted by molar-refractivity contribution is 0.126. The number of rotatable bonds is 5. The van der Waals surface area contributed by atoms with E-state index in [-0.39, 0.29) is 6.10 Å². The van der Waals surface area contributed by atoms with Crippen LogP contribution in [0, 0.1) is 0 Å². The Morgan fingerprint density at radius 3 is 3.08 bits per heavy atom. The maximum atomic E-state index is 9.70. The molecule has 2 nitrogen and oxygen atoms in total. The lowest BCUT2D eigenvalue weighted by atomic mass is 10.1. The van der Waals surface area contributed by atoms with Crippen molar-refractivity contribution < 1.29 is 5.11 Å². The van der Waals surface area contributed by atoms with E-state index in [0.29, 0.717) is 6.04 Å². The van der Waals surface area contributed by atoms with Crippen molar-refractivity contribution in [2.45, 2.75) is 37.8 Å². The van der Waals surface area contributed by atoms with E-state index in [4.69, 9.17) is 0 Å². The zero-order valence-corrected chi connectivity index (χ0v) is 8.57. The van der Waals surface area contributed by atoms with Gasteiger partial charge in [-0.15, -0.1) is 0 Å². The first-order chi connectivity index (χ1) is 5.84. The highest BCUT2D eigenvalue weighted by Crippen LogP contribution is 2.13. The molecular formula is C9H19NOS. The van der Waals surface area contributed by atoms with Gasteiger partial charge in [0.1, 0.15) is 0 Å². The summed E-state index contributed by atoms with van der Waals surface area (Å²) in [6, 6.07) is 0.381. The molecule has 3 heteroatoms. The molecule has 0 aromatic heterocycles. The first-order valence-electron chi connectivity index (χ1n) is 4.75. The van der Waals surface area contributed by atoms with Crippen LogP contribution in [0.15, 0.2) is 0 Å². The molecule has 0 radical (unpaired) electrons. The molecule has 0 saturated carbocycles. The zero-order valence-electron chi connectivity index (χ0n) is 7.75. The van der Waals surface area contributed by atoms with E-state index < -0.39 is 0 Å². The first kappa shape index (κ1) is 10.4. The fraction of sp³-hybridized carbons (Fsp3) is 1.00. The second kappa shape index (κ2) is 5.84. The van der Waals surface area contributed by atoms with Crippen molar-refractivity contribution in [3.8, 4) is 0 Å². The van der Waals surface area contributed by atoms with Crippen molar-refractivity contribution in [2.75, 3.05) is 18.6 Å². The van der Waals surface area contributed by atoms with Crippen LogP contribution in [0.2, 0.25) is 0 Å². The van der Waals surface area contributed by atoms with Crippen LogP contribution in [0.5, 0.6) is 0 Å². The largest absolute Gasteiger partial charge is 0.392 e. The lowest BCUT2D eigenvalue weighted by Gasteiger charge is -2.17. The summed E-state index contributed by atoms with van der Waals surface area (Å²) in [6.45, 7) is 1.09. The van der Waals surface area contributed by atoms with Gasteiger partial charge in [-0.05, 0) is 44.2 Å². The Kier molecular flexibility index (Phi) is 5.04. The van der Waals surface area contributed by atoms with Gasteiger partial charge < -0.3 is 10.4 Å². The second-order valence-electron chi connectivity index (χ2n) is 3.41. The quantitative estimate of drug-likeness (QED) is 0.638. The van der Waals surface area contributed by atoms with Gasteiger partial charge in [-0.1, -0.05) is 0 Å². The van der Waals surface area contributed by atoms with Gasteiger partial charge in [0.15, 0.2) is 0 Å². The normalized spacial score (nSPS) is 26.0. The van der Waals surface area contributed by atoms with E-state index in [9.17, 15) is 5.11 Å². The average molecular weight is 189 g/mol. The monoisotopic (exact) mass is 189 g/mol. The molecule has 1 heterocycles. The summed E-state index contributed by atoms with van der Waals surface area (Å²) in [5.41, 5.74) is 0. The fourth-order valence-corrected chi connectivity index (χ4v) is 2.13. The van der Waals surface area contributed by atoms with Gasteiger partial charge in [-0.2, -0.15) is 11.8 Å². The summed E-state index contributed by atoms with van der Waals surface area (Å²) in [5, 5.41) is 13.0. The van der Waals surface area contributed by atoms with Gasteiger partial charge in [0.25, 0.3) is 0 Å². The Bertz CT molecular complexity index is 115. The summed E-state index contributed by atoms with van der Waals surface area (Å²) < 4.78 is 0. The summed E-state index contributed by atoms with van der Waals surface area (Å²) >= 11 is 1.85. The van der Waals surface area contributed by atoms with Gasteiger partial charge in [0.05, 0.1) is 6.10 Å². The molecule has 2 N–H and O–H groups in total. The summed E-state index contributed by atoms with van der Waals surface area (Å²) in [5.74, 6) is 1.17. The van der Waals surface area contributed by atoms with E-state index in [0.717, 1.165) is 25.8 Å². The standard InChI is InChI=1S/C9H19NOS/c1-12-7-3-5-9(11)8-4-2-6-10-8/h8-11H,2-7H2,1H3. The van der Waals surface area contributed by atoms with Crippen LogP contribution in [0.25, 0.3) is 0 Å². The van der Waals surface area contributed by atoms with Crippen LogP contribution in [0.1, 0.15) is 25.7 Å². The van der Waals surface area contributed by atoms with Crippen LogP contribution in [-0.4, -0.2) is 35.8 Å². The van der Waals surface area contributed by atoms with E-state index in [1.54, 1.807) is 0 Å². The van der Waals surface area contributed by atoms with E-state index in [2.05, 4.69) is 11.6 Å². The molecule has 2 unspecified atom stereocenters. The molecule has 1 aliphatic rings. The molecule has 0 aromatic carbocycles. The van der Waals surface area contributed by atoms with Crippen molar-refractivity contribution in [3.05, 3.63) is 0 Å². The number of aliphatic hydroxyl groups is 1. The van der Waals surface area contributed by atoms with Gasteiger partial charge in [0, 0.05) is 6.04 Å². The Morgan fingerprint density at radius 2 is 2.50 bits per heavy atom. The minimum absolute atomic E-state index is 0.111. The smallest absolute Gasteiger partial charge is 0.0693 e. The third kappa shape index (κ3) is 3.33. The predicted octanol–water partition coefficient (Wildman–Crippen LogP) is 1.24. The molecule has 0 aliphatic carbocycles. The molecule has 12 heavy (non-hydrogen) atoms. The number of hydrogen-bond acceptors (Lipinski definition) is 3. The lowest BCUT2D eigenvalue weighted by Crippen LogP contribution is -2.34. The third-order valence-electron chi connectivity index (χ3n) is 2.41. The maximum Gasteiger partial charge on any atom is 0.0693 e. The Labute approximate surface area is 79.1 Å². The molecule has 1 saturated heterocycles. The Morgan fingerprint density at radius 1 is 1.67 bits per heavy atom. The van der Waals surface area contributed by atoms with Crippen LogP contribution in [-0.2, 0) is 0 Å². The summed E-state index contributed by atoms with van der Waals surface area (Å²) in [4.78, 5) is 0. The van der Waals surface area contributed by atoms with E-state index in [1.807, 2.05) is 11.8 Å². The van der Waals surface area contributed by atoms with Crippen molar-refractivity contribution in [3.63, 3.8) is 0 Å². The van der Waals surface area contributed by atoms with Gasteiger partial charge in [-0.3, -0.25) is 0 Å². The second-order valence-corrected chi connectivity index (χ2v) is 4.39. The minimum atomic E-state index is -0.111. The molecule has 1 aliphatic heterocycles. The van der Waals surface area contributed by atoms with Gasteiger partial charge >= 0.3 is 0 Å². The van der Waals surface area contributed by atoms with Gasteiger partial charge in [-0.25, -0.2) is 0 Å². The van der Waals surface area contributed by atoms with Crippen LogP contribution in [0.4, 0.5) is 0 Å². The molecular weight excluding hydrogens is 170 g/mol. The average Bonchev–Trinajstić information content (AvgIpc) is 2.56. The van der Waals surface area contributed by atoms with Crippen LogP contribution in [0.3, 0.4) is 0 Å². The highest BCUT2D eigenvalue weighted by Gasteiger charge is 2.21. The van der Waals surface area contributed by atoms with Crippen LogP contribution < -0.4 is 5.32 Å².